The molecule has 24 heavy (non-hydrogen) atoms. The Morgan fingerprint density at radius 3 is 2.79 bits per heavy atom. The molecule has 0 radical (unpaired) electrons. The topological polar surface area (TPSA) is 49.4 Å². The molecule has 1 aliphatic heterocycles. The Labute approximate surface area is 145 Å². The first kappa shape index (κ1) is 16.3. The van der Waals surface area contributed by atoms with Crippen molar-refractivity contribution in [3.8, 4) is 0 Å². The Morgan fingerprint density at radius 1 is 1.21 bits per heavy atom. The van der Waals surface area contributed by atoms with E-state index in [1.54, 1.807) is 30.2 Å². The number of nitrogens with zero attached hydrogens (tertiary/aromatic N) is 1. The van der Waals surface area contributed by atoms with E-state index in [0.29, 0.717) is 23.6 Å². The summed E-state index contributed by atoms with van der Waals surface area (Å²) in [6, 6.07) is 12.9. The maximum absolute atomic E-state index is 12.1. The maximum atomic E-state index is 12.1. The van der Waals surface area contributed by atoms with Crippen LogP contribution in [0.3, 0.4) is 0 Å². The number of benzene rings is 2. The van der Waals surface area contributed by atoms with Crippen LogP contribution >= 0.6 is 11.6 Å². The fraction of sp³-hybridized carbons (Fsp3) is 0.158. The van der Waals surface area contributed by atoms with Crippen molar-refractivity contribution in [2.24, 2.45) is 0 Å². The molecule has 1 heterocycles. The molecule has 0 saturated heterocycles. The number of fused-ring (bicyclic) bond motifs is 1. The summed E-state index contributed by atoms with van der Waals surface area (Å²) in [5.74, 6) is -0.114. The number of carbonyl (C=O) groups excluding carboxylic acids is 2. The van der Waals surface area contributed by atoms with Crippen molar-refractivity contribution < 1.29 is 9.59 Å². The highest BCUT2D eigenvalue weighted by molar-refractivity contribution is 6.32. The van der Waals surface area contributed by atoms with Gasteiger partial charge in [0.05, 0.1) is 0 Å². The van der Waals surface area contributed by atoms with E-state index >= 15 is 0 Å². The van der Waals surface area contributed by atoms with Crippen molar-refractivity contribution >= 4 is 40.9 Å². The summed E-state index contributed by atoms with van der Waals surface area (Å²) in [5.41, 5.74) is 3.46. The maximum Gasteiger partial charge on any atom is 0.248 e. The van der Waals surface area contributed by atoms with E-state index in [1.165, 1.54) is 6.08 Å². The van der Waals surface area contributed by atoms with Crippen LogP contribution in [0.5, 0.6) is 0 Å². The zero-order valence-electron chi connectivity index (χ0n) is 13.3. The molecule has 0 atom stereocenters. The number of aryl methyl sites for hydroxylation is 1. The lowest BCUT2D eigenvalue weighted by Crippen LogP contribution is -2.31. The summed E-state index contributed by atoms with van der Waals surface area (Å²) >= 11 is 6.06. The minimum absolute atomic E-state index is 0.113. The molecule has 1 aliphatic rings. The summed E-state index contributed by atoms with van der Waals surface area (Å²) in [6.07, 6.45) is 4.32. The molecule has 2 aromatic rings. The van der Waals surface area contributed by atoms with Crippen LogP contribution in [0.25, 0.3) is 6.08 Å². The van der Waals surface area contributed by atoms with Crippen LogP contribution in [0.2, 0.25) is 5.02 Å². The second kappa shape index (κ2) is 6.89. The first-order chi connectivity index (χ1) is 11.5. The fourth-order valence-electron chi connectivity index (χ4n) is 2.69. The van der Waals surface area contributed by atoms with E-state index < -0.39 is 0 Å². The summed E-state index contributed by atoms with van der Waals surface area (Å²) in [6.45, 7) is 0. The third-order valence-electron chi connectivity index (χ3n) is 4.01. The molecule has 0 spiro atoms. The van der Waals surface area contributed by atoms with Crippen LogP contribution in [-0.2, 0) is 16.0 Å². The van der Waals surface area contributed by atoms with E-state index in [4.69, 9.17) is 11.6 Å². The molecular weight excluding hydrogens is 324 g/mol. The Hall–Kier alpha value is -2.59. The highest BCUT2D eigenvalue weighted by atomic mass is 35.5. The van der Waals surface area contributed by atoms with Crippen molar-refractivity contribution in [2.45, 2.75) is 12.8 Å². The quantitative estimate of drug-likeness (QED) is 0.861. The number of hydrogen-bond donors (Lipinski definition) is 1. The van der Waals surface area contributed by atoms with Gasteiger partial charge in [0.1, 0.15) is 0 Å². The fourth-order valence-corrected chi connectivity index (χ4v) is 2.89. The molecule has 3 rings (SSSR count). The first-order valence-corrected chi connectivity index (χ1v) is 8.05. The van der Waals surface area contributed by atoms with Gasteiger partial charge in [0, 0.05) is 35.9 Å². The second-order valence-electron chi connectivity index (χ2n) is 5.64. The van der Waals surface area contributed by atoms with Crippen LogP contribution in [0.1, 0.15) is 17.5 Å². The molecule has 4 nitrogen and oxygen atoms in total. The second-order valence-corrected chi connectivity index (χ2v) is 6.05. The molecule has 0 aliphatic carbocycles. The van der Waals surface area contributed by atoms with Gasteiger partial charge in [0.2, 0.25) is 11.8 Å². The minimum atomic E-state index is -0.227. The third-order valence-corrected chi connectivity index (χ3v) is 4.35. The number of amides is 2. The van der Waals surface area contributed by atoms with Crippen molar-refractivity contribution in [1.82, 2.24) is 0 Å². The van der Waals surface area contributed by atoms with Gasteiger partial charge in [0.25, 0.3) is 0 Å². The predicted molar refractivity (Wildman–Crippen MR) is 97.3 cm³/mol. The van der Waals surface area contributed by atoms with Crippen molar-refractivity contribution in [1.29, 1.82) is 0 Å². The standard InChI is InChI=1S/C19H17ClN2O2/c1-22-17-9-8-15(12-14(17)7-11-19(22)24)21-18(23)10-6-13-4-2-3-5-16(13)20/h2-6,8-10,12H,7,11H2,1H3,(H,21,23)/b10-6+. The van der Waals surface area contributed by atoms with Gasteiger partial charge < -0.3 is 10.2 Å². The lowest BCUT2D eigenvalue weighted by molar-refractivity contribution is -0.118. The molecule has 2 amide bonds. The van der Waals surface area contributed by atoms with Crippen molar-refractivity contribution in [3.05, 3.63) is 64.7 Å². The highest BCUT2D eigenvalue weighted by Gasteiger charge is 2.20. The van der Waals surface area contributed by atoms with Gasteiger partial charge in [-0.05, 0) is 47.9 Å². The Morgan fingerprint density at radius 2 is 2.00 bits per heavy atom. The van der Waals surface area contributed by atoms with Crippen LogP contribution in [0, 0.1) is 0 Å². The van der Waals surface area contributed by atoms with Gasteiger partial charge in [-0.15, -0.1) is 0 Å². The number of hydrogen-bond acceptors (Lipinski definition) is 2. The largest absolute Gasteiger partial charge is 0.323 e. The smallest absolute Gasteiger partial charge is 0.248 e. The van der Waals surface area contributed by atoms with Crippen LogP contribution in [-0.4, -0.2) is 18.9 Å². The summed E-state index contributed by atoms with van der Waals surface area (Å²) in [7, 11) is 1.77. The van der Waals surface area contributed by atoms with Crippen molar-refractivity contribution in [3.63, 3.8) is 0 Å². The molecule has 122 valence electrons. The molecule has 0 unspecified atom stereocenters. The van der Waals surface area contributed by atoms with Gasteiger partial charge in [0.15, 0.2) is 0 Å². The van der Waals surface area contributed by atoms with E-state index in [0.717, 1.165) is 16.8 Å². The number of rotatable bonds is 3. The van der Waals surface area contributed by atoms with Gasteiger partial charge in [-0.2, -0.15) is 0 Å². The molecular formula is C19H17ClN2O2. The third kappa shape index (κ3) is 3.49. The van der Waals surface area contributed by atoms with Crippen LogP contribution < -0.4 is 10.2 Å². The summed E-state index contributed by atoms with van der Waals surface area (Å²) < 4.78 is 0. The molecule has 0 bridgehead atoms. The predicted octanol–water partition coefficient (Wildman–Crippen LogP) is 3.90. The molecule has 0 saturated carbocycles. The molecule has 1 N–H and O–H groups in total. The Bertz CT molecular complexity index is 830. The first-order valence-electron chi connectivity index (χ1n) is 7.67. The lowest BCUT2D eigenvalue weighted by atomic mass is 10.0. The van der Waals surface area contributed by atoms with E-state index in [2.05, 4.69) is 5.32 Å². The number of halogens is 1. The summed E-state index contributed by atoms with van der Waals surface area (Å²) in [5, 5.41) is 3.44. The molecule has 2 aromatic carbocycles. The number of nitrogens with one attached hydrogen (secondary N) is 1. The highest BCUT2D eigenvalue weighted by Crippen LogP contribution is 2.29. The number of anilines is 2. The van der Waals surface area contributed by atoms with Gasteiger partial charge in [-0.1, -0.05) is 29.8 Å². The SMILES string of the molecule is CN1C(=O)CCc2cc(NC(=O)/C=C/c3ccccc3Cl)ccc21. The Kier molecular flexibility index (Phi) is 4.67. The minimum Gasteiger partial charge on any atom is -0.323 e. The average Bonchev–Trinajstić information content (AvgIpc) is 2.57. The normalized spacial score (nSPS) is 13.9. The average molecular weight is 341 g/mol. The van der Waals surface area contributed by atoms with E-state index in [9.17, 15) is 9.59 Å². The van der Waals surface area contributed by atoms with Gasteiger partial charge >= 0.3 is 0 Å². The zero-order valence-corrected chi connectivity index (χ0v) is 14.0. The molecule has 0 fully saturated rings. The Balaban J connectivity index is 1.71. The molecule has 5 heteroatoms. The van der Waals surface area contributed by atoms with Gasteiger partial charge in [-0.25, -0.2) is 0 Å². The van der Waals surface area contributed by atoms with E-state index in [-0.39, 0.29) is 11.8 Å². The summed E-state index contributed by atoms with van der Waals surface area (Å²) in [4.78, 5) is 25.4. The van der Waals surface area contributed by atoms with E-state index in [1.807, 2.05) is 30.3 Å². The lowest BCUT2D eigenvalue weighted by Gasteiger charge is -2.26. The van der Waals surface area contributed by atoms with Crippen molar-refractivity contribution in [2.75, 3.05) is 17.3 Å². The van der Waals surface area contributed by atoms with Gasteiger partial charge in [-0.3, -0.25) is 9.59 Å². The number of carbonyl (C=O) groups is 2. The van der Waals surface area contributed by atoms with Crippen LogP contribution in [0.15, 0.2) is 48.5 Å². The van der Waals surface area contributed by atoms with Crippen LogP contribution in [0.4, 0.5) is 11.4 Å². The molecule has 0 aromatic heterocycles. The monoisotopic (exact) mass is 340 g/mol. The zero-order chi connectivity index (χ0) is 17.1.